The Bertz CT molecular complexity index is 1360. The van der Waals surface area contributed by atoms with Crippen molar-refractivity contribution in [1.82, 2.24) is 9.88 Å². The van der Waals surface area contributed by atoms with E-state index in [0.717, 1.165) is 34.2 Å². The van der Waals surface area contributed by atoms with E-state index in [1.54, 1.807) is 29.3 Å². The second-order valence-electron chi connectivity index (χ2n) is 7.98. The second kappa shape index (κ2) is 7.95. The number of carbonyl (C=O) groups excluding carboxylic acids is 1. The number of carbonyl (C=O) groups is 1. The minimum atomic E-state index is -4.61. The van der Waals surface area contributed by atoms with E-state index in [4.69, 9.17) is 0 Å². The molecule has 0 fully saturated rings. The third-order valence-corrected chi connectivity index (χ3v) is 5.94. The molecule has 1 aliphatic rings. The van der Waals surface area contributed by atoms with Crippen molar-refractivity contribution in [2.45, 2.75) is 19.1 Å². The summed E-state index contributed by atoms with van der Waals surface area (Å²) >= 11 is 0. The van der Waals surface area contributed by atoms with Crippen LogP contribution in [0.4, 0.5) is 28.9 Å². The zero-order chi connectivity index (χ0) is 23.2. The predicted octanol–water partition coefficient (Wildman–Crippen LogP) is 6.27. The first-order valence-electron chi connectivity index (χ1n) is 10.4. The molecule has 0 radical (unpaired) electrons. The van der Waals surface area contributed by atoms with E-state index in [2.05, 4.69) is 10.3 Å². The fourth-order valence-electron chi connectivity index (χ4n) is 4.27. The topological polar surface area (TPSA) is 48.1 Å². The summed E-state index contributed by atoms with van der Waals surface area (Å²) in [6.07, 6.45) is -2.27. The highest BCUT2D eigenvalue weighted by atomic mass is 19.4. The molecule has 0 spiro atoms. The Morgan fingerprint density at radius 1 is 1.00 bits per heavy atom. The lowest BCUT2D eigenvalue weighted by Gasteiger charge is -2.30. The predicted molar refractivity (Wildman–Crippen MR) is 118 cm³/mol. The maximum absolute atomic E-state index is 14.3. The summed E-state index contributed by atoms with van der Waals surface area (Å²) in [7, 11) is 0. The molecule has 1 aliphatic heterocycles. The first kappa shape index (κ1) is 21.1. The number of hydrogen-bond donors (Lipinski definition) is 2. The molecule has 3 aromatic carbocycles. The van der Waals surface area contributed by atoms with Gasteiger partial charge in [0.2, 0.25) is 0 Å². The zero-order valence-corrected chi connectivity index (χ0v) is 17.3. The third kappa shape index (κ3) is 3.92. The Labute approximate surface area is 186 Å². The molecule has 5 rings (SSSR count). The summed E-state index contributed by atoms with van der Waals surface area (Å²) in [5.41, 5.74) is 2.76. The maximum Gasteiger partial charge on any atom is 0.416 e. The number of fused-ring (bicyclic) bond motifs is 2. The maximum atomic E-state index is 14.3. The summed E-state index contributed by atoms with van der Waals surface area (Å²) in [5.74, 6) is -1.06. The molecule has 2 heterocycles. The number of H-pyrrole nitrogens is 1. The lowest BCUT2D eigenvalue weighted by molar-refractivity contribution is -0.137. The fraction of sp³-hybridized carbons (Fsp3) is 0.160. The van der Waals surface area contributed by atoms with E-state index >= 15 is 0 Å². The van der Waals surface area contributed by atoms with Crippen molar-refractivity contribution in [1.29, 1.82) is 0 Å². The van der Waals surface area contributed by atoms with Crippen LogP contribution in [0, 0.1) is 5.82 Å². The van der Waals surface area contributed by atoms with Crippen LogP contribution < -0.4 is 5.32 Å². The van der Waals surface area contributed by atoms with Crippen LogP contribution in [0.25, 0.3) is 10.9 Å². The smallest absolute Gasteiger partial charge is 0.361 e. The molecule has 168 valence electrons. The van der Waals surface area contributed by atoms with Crippen LogP contribution in [-0.4, -0.2) is 22.3 Å². The highest BCUT2D eigenvalue weighted by molar-refractivity contribution is 6.05. The Kier molecular flexibility index (Phi) is 5.08. The molecule has 33 heavy (non-hydrogen) atoms. The van der Waals surface area contributed by atoms with Crippen LogP contribution >= 0.6 is 0 Å². The molecule has 2 N–H and O–H groups in total. The molecule has 8 heteroatoms. The van der Waals surface area contributed by atoms with E-state index in [1.165, 1.54) is 0 Å². The molecule has 0 saturated carbocycles. The number of nitrogens with one attached hydrogen (secondary N) is 2. The molecular weight excluding hydrogens is 434 g/mol. The Morgan fingerprint density at radius 3 is 2.61 bits per heavy atom. The third-order valence-electron chi connectivity index (χ3n) is 5.94. The minimum Gasteiger partial charge on any atom is -0.361 e. The number of alkyl halides is 3. The average molecular weight is 453 g/mol. The number of para-hydroxylation sites is 1. The quantitative estimate of drug-likeness (QED) is 0.359. The molecule has 1 amide bonds. The Hall–Kier alpha value is -3.81. The van der Waals surface area contributed by atoms with E-state index in [-0.39, 0.29) is 11.6 Å². The number of nitrogens with zero attached hydrogens (tertiary/aromatic N) is 1. The van der Waals surface area contributed by atoms with Crippen molar-refractivity contribution in [2.75, 3.05) is 11.9 Å². The van der Waals surface area contributed by atoms with Gasteiger partial charge in [0, 0.05) is 30.4 Å². The van der Waals surface area contributed by atoms with Crippen LogP contribution in [0.15, 0.2) is 66.9 Å². The van der Waals surface area contributed by atoms with Gasteiger partial charge in [-0.15, -0.1) is 0 Å². The van der Waals surface area contributed by atoms with Crippen LogP contribution in [0.5, 0.6) is 0 Å². The van der Waals surface area contributed by atoms with Gasteiger partial charge in [0.15, 0.2) is 0 Å². The molecule has 0 saturated heterocycles. The van der Waals surface area contributed by atoms with E-state index in [0.29, 0.717) is 36.8 Å². The van der Waals surface area contributed by atoms with Gasteiger partial charge in [-0.05, 0) is 53.9 Å². The van der Waals surface area contributed by atoms with Crippen molar-refractivity contribution in [3.8, 4) is 0 Å². The molecule has 0 bridgehead atoms. The molecule has 0 atom stereocenters. The Morgan fingerprint density at radius 2 is 1.82 bits per heavy atom. The number of halogens is 4. The molecule has 4 aromatic rings. The standard InChI is InChI=1S/C25H19F4N3O/c26-20-13-17(25(27,28)29)7-8-22(20)31-21-6-2-4-16-14-32(12-10-18(16)21)24(33)19-5-1-3-15-9-11-30-23(15)19/h1-9,11,13,30-31H,10,12,14H2. The summed E-state index contributed by atoms with van der Waals surface area (Å²) in [5, 5.41) is 3.89. The van der Waals surface area contributed by atoms with Gasteiger partial charge >= 0.3 is 6.18 Å². The van der Waals surface area contributed by atoms with Crippen molar-refractivity contribution in [3.63, 3.8) is 0 Å². The number of amides is 1. The van der Waals surface area contributed by atoms with Crippen molar-refractivity contribution in [2.24, 2.45) is 0 Å². The highest BCUT2D eigenvalue weighted by Gasteiger charge is 2.31. The lowest BCUT2D eigenvalue weighted by atomic mass is 9.96. The lowest BCUT2D eigenvalue weighted by Crippen LogP contribution is -2.36. The molecule has 1 aromatic heterocycles. The zero-order valence-electron chi connectivity index (χ0n) is 17.3. The first-order chi connectivity index (χ1) is 15.8. The van der Waals surface area contributed by atoms with Gasteiger partial charge in [0.25, 0.3) is 5.91 Å². The van der Waals surface area contributed by atoms with Crippen LogP contribution in [0.2, 0.25) is 0 Å². The summed E-state index contributed by atoms with van der Waals surface area (Å²) in [6, 6.07) is 15.4. The Balaban J connectivity index is 1.39. The summed E-state index contributed by atoms with van der Waals surface area (Å²) in [4.78, 5) is 18.1. The highest BCUT2D eigenvalue weighted by Crippen LogP contribution is 2.34. The van der Waals surface area contributed by atoms with E-state index < -0.39 is 17.6 Å². The normalized spacial score (nSPS) is 13.8. The first-order valence-corrected chi connectivity index (χ1v) is 10.4. The summed E-state index contributed by atoms with van der Waals surface area (Å²) < 4.78 is 52.8. The minimum absolute atomic E-state index is 0.0340. The van der Waals surface area contributed by atoms with Gasteiger partial charge in [-0.25, -0.2) is 4.39 Å². The van der Waals surface area contributed by atoms with Gasteiger partial charge in [-0.2, -0.15) is 13.2 Å². The number of hydrogen-bond acceptors (Lipinski definition) is 2. The second-order valence-corrected chi connectivity index (χ2v) is 7.98. The average Bonchev–Trinajstić information content (AvgIpc) is 3.28. The van der Waals surface area contributed by atoms with Gasteiger partial charge in [-0.3, -0.25) is 4.79 Å². The van der Waals surface area contributed by atoms with Crippen molar-refractivity contribution < 1.29 is 22.4 Å². The summed E-state index contributed by atoms with van der Waals surface area (Å²) in [6.45, 7) is 0.855. The van der Waals surface area contributed by atoms with E-state index in [9.17, 15) is 22.4 Å². The van der Waals surface area contributed by atoms with Gasteiger partial charge in [0.05, 0.1) is 22.3 Å². The van der Waals surface area contributed by atoms with E-state index in [1.807, 2.05) is 24.3 Å². The van der Waals surface area contributed by atoms with Crippen molar-refractivity contribution >= 4 is 28.2 Å². The van der Waals surface area contributed by atoms with Crippen molar-refractivity contribution in [3.05, 3.63) is 94.9 Å². The fourth-order valence-corrected chi connectivity index (χ4v) is 4.27. The van der Waals surface area contributed by atoms with Crippen LogP contribution in [0.3, 0.4) is 0 Å². The molecule has 4 nitrogen and oxygen atoms in total. The number of aromatic nitrogens is 1. The molecule has 0 unspecified atom stereocenters. The van der Waals surface area contributed by atoms with Gasteiger partial charge in [-0.1, -0.05) is 24.3 Å². The van der Waals surface area contributed by atoms with Crippen LogP contribution in [-0.2, 0) is 19.1 Å². The van der Waals surface area contributed by atoms with Gasteiger partial charge in [0.1, 0.15) is 5.82 Å². The SMILES string of the molecule is O=C(c1cccc2cc[nH]c12)N1CCc2c(cccc2Nc2ccc(C(F)(F)F)cc2F)C1. The number of rotatable bonds is 3. The number of anilines is 2. The number of aromatic amines is 1. The monoisotopic (exact) mass is 453 g/mol. The largest absolute Gasteiger partial charge is 0.416 e. The van der Waals surface area contributed by atoms with Crippen LogP contribution in [0.1, 0.15) is 27.0 Å². The molecule has 0 aliphatic carbocycles. The number of benzene rings is 3. The molecular formula is C25H19F4N3O. The van der Waals surface area contributed by atoms with Gasteiger partial charge < -0.3 is 15.2 Å².